The summed E-state index contributed by atoms with van der Waals surface area (Å²) in [5.41, 5.74) is 1.55. The van der Waals surface area contributed by atoms with Crippen molar-refractivity contribution >= 4 is 41.0 Å². The van der Waals surface area contributed by atoms with Crippen molar-refractivity contribution in [2.45, 2.75) is 103 Å². The molecular formula is C22H43MoO6P2S2. The maximum absolute atomic E-state index is 7.56. The molecule has 0 unspecified atom stereocenters. The van der Waals surface area contributed by atoms with Crippen molar-refractivity contribution in [2.75, 3.05) is 0 Å². The molecule has 0 radical (unpaired) electrons. The quantitative estimate of drug-likeness (QED) is 0.0888. The zero-order valence-electron chi connectivity index (χ0n) is 19.7. The van der Waals surface area contributed by atoms with Crippen LogP contribution >= 0.6 is 13.4 Å². The van der Waals surface area contributed by atoms with Gasteiger partial charge < -0.3 is 29.4 Å². The fraction of sp³-hybridized carbons (Fsp3) is 0.727. The summed E-state index contributed by atoms with van der Waals surface area (Å²) in [6.07, 6.45) is 21.5. The standard InChI is InChI=1S/C22H37.Mo.2H3O3PS/c1-2-3-4-5-6-7-8-9-10-11-12-13-14-16-19-22-20-17-15-18-21-22;;2*1-4(2,3)5/h15,17-18,20H,2-14,16,19H2,1H3;;2*(H3,1,2,3,5). The second-order valence-electron chi connectivity index (χ2n) is 7.98. The second-order valence-corrected chi connectivity index (χ2v) is 14.1. The van der Waals surface area contributed by atoms with E-state index in [4.69, 9.17) is 29.4 Å². The molecule has 0 fully saturated rings. The third kappa shape index (κ3) is 40.4. The van der Waals surface area contributed by atoms with Gasteiger partial charge in [-0.25, -0.2) is 0 Å². The normalized spacial score (nSPS) is 11.2. The molecule has 33 heavy (non-hydrogen) atoms. The first-order valence-corrected chi connectivity index (χ1v) is 18.0. The largest absolute Gasteiger partial charge is 0.325 e. The van der Waals surface area contributed by atoms with Gasteiger partial charge in [-0.1, -0.05) is 39.0 Å². The molecule has 1 aromatic rings. The predicted octanol–water partition coefficient (Wildman–Crippen LogP) is 5.26. The van der Waals surface area contributed by atoms with Crippen LogP contribution in [0.1, 0.15) is 102 Å². The Hall–Kier alpha value is 0.968. The molecule has 0 aromatic heterocycles. The summed E-state index contributed by atoms with van der Waals surface area (Å²) in [4.78, 5) is 45.3. The van der Waals surface area contributed by atoms with E-state index in [9.17, 15) is 0 Å². The van der Waals surface area contributed by atoms with Gasteiger partial charge in [0.25, 0.3) is 0 Å². The summed E-state index contributed by atoms with van der Waals surface area (Å²) < 4.78 is 1.47. The Morgan fingerprint density at radius 1 is 0.606 bits per heavy atom. The minimum Gasteiger partial charge on any atom is -0.325 e. The summed E-state index contributed by atoms with van der Waals surface area (Å²) in [6.45, 7) is -5.32. The molecule has 6 nitrogen and oxygen atoms in total. The zero-order chi connectivity index (χ0) is 25.6. The van der Waals surface area contributed by atoms with Crippen molar-refractivity contribution < 1.29 is 49.2 Å². The molecule has 0 bridgehead atoms. The first kappa shape index (κ1) is 36.1. The topological polar surface area (TPSA) is 121 Å². The summed E-state index contributed by atoms with van der Waals surface area (Å²) >= 11 is 9.37. The molecule has 6 N–H and O–H groups in total. The molecule has 0 spiro atoms. The molecule has 0 saturated heterocycles. The summed E-state index contributed by atoms with van der Waals surface area (Å²) in [5.74, 6) is 0. The average molecular weight is 626 g/mol. The fourth-order valence-corrected chi connectivity index (χ4v) is 3.83. The Balaban J connectivity index is 0. The second kappa shape index (κ2) is 23.4. The fourth-order valence-electron chi connectivity index (χ4n) is 3.22. The van der Waals surface area contributed by atoms with Crippen LogP contribution in [0.5, 0.6) is 0 Å². The Kier molecular flexibility index (Phi) is 25.6. The number of hydrogen-bond acceptors (Lipinski definition) is 2. The van der Waals surface area contributed by atoms with Crippen LogP contribution in [0.15, 0.2) is 24.3 Å². The van der Waals surface area contributed by atoms with Gasteiger partial charge in [-0.2, -0.15) is 0 Å². The number of benzene rings is 1. The van der Waals surface area contributed by atoms with E-state index in [-0.39, 0.29) is 0 Å². The van der Waals surface area contributed by atoms with E-state index in [0.717, 1.165) is 0 Å². The Morgan fingerprint density at radius 2 is 0.909 bits per heavy atom. The molecular weight excluding hydrogens is 582 g/mol. The van der Waals surface area contributed by atoms with Crippen molar-refractivity contribution in [2.24, 2.45) is 0 Å². The molecule has 0 atom stereocenters. The van der Waals surface area contributed by atoms with Gasteiger partial charge in [0, 0.05) is 0 Å². The van der Waals surface area contributed by atoms with Gasteiger partial charge in [0.15, 0.2) is 0 Å². The minimum absolute atomic E-state index is 1.27. The van der Waals surface area contributed by atoms with E-state index < -0.39 is 13.4 Å². The molecule has 0 aliphatic heterocycles. The number of aryl methyl sites for hydroxylation is 1. The SMILES string of the molecule is CCCCCCCCCCCCCCCCc1cccc[c]1[Mo].OP(O)(O)=S.OP(O)(O)=S. The van der Waals surface area contributed by atoms with Gasteiger partial charge >= 0.3 is 131 Å². The van der Waals surface area contributed by atoms with Crippen molar-refractivity contribution in [3.05, 3.63) is 29.8 Å². The van der Waals surface area contributed by atoms with E-state index in [1.54, 1.807) is 5.56 Å². The van der Waals surface area contributed by atoms with Crippen LogP contribution in [0.3, 0.4) is 0 Å². The summed E-state index contributed by atoms with van der Waals surface area (Å²) in [6, 6.07) is 8.85. The van der Waals surface area contributed by atoms with E-state index in [1.807, 2.05) is 0 Å². The van der Waals surface area contributed by atoms with Crippen molar-refractivity contribution in [3.8, 4) is 0 Å². The number of unbranched alkanes of at least 4 members (excludes halogenated alkanes) is 13. The van der Waals surface area contributed by atoms with Crippen LogP contribution in [0.2, 0.25) is 0 Å². The summed E-state index contributed by atoms with van der Waals surface area (Å²) in [5, 5.41) is 0. The smallest absolute Gasteiger partial charge is 0.319 e. The van der Waals surface area contributed by atoms with Gasteiger partial charge in [0.1, 0.15) is 0 Å². The van der Waals surface area contributed by atoms with E-state index in [2.05, 4.69) is 74.6 Å². The van der Waals surface area contributed by atoms with Crippen molar-refractivity contribution in [1.82, 2.24) is 0 Å². The number of rotatable bonds is 15. The maximum Gasteiger partial charge on any atom is 0.319 e. The molecule has 0 saturated carbocycles. The van der Waals surface area contributed by atoms with Crippen LogP contribution < -0.4 is 3.95 Å². The molecule has 0 aliphatic carbocycles. The molecule has 0 aliphatic rings. The minimum atomic E-state index is -3.81. The van der Waals surface area contributed by atoms with E-state index in [0.29, 0.717) is 0 Å². The third-order valence-corrected chi connectivity index (χ3v) is 5.75. The zero-order valence-corrected chi connectivity index (χ0v) is 25.1. The van der Waals surface area contributed by atoms with Crippen LogP contribution in [0, 0.1) is 0 Å². The number of hydrogen-bond donors (Lipinski definition) is 6. The molecule has 195 valence electrons. The van der Waals surface area contributed by atoms with Crippen LogP contribution in [0.4, 0.5) is 0 Å². The van der Waals surface area contributed by atoms with Crippen LogP contribution in [-0.4, -0.2) is 29.4 Å². The Bertz CT molecular complexity index is 634. The van der Waals surface area contributed by atoms with E-state index >= 15 is 0 Å². The molecule has 1 aromatic carbocycles. The van der Waals surface area contributed by atoms with Crippen molar-refractivity contribution in [1.29, 1.82) is 0 Å². The Morgan fingerprint density at radius 3 is 1.24 bits per heavy atom. The first-order valence-electron chi connectivity index (χ1n) is 11.7. The van der Waals surface area contributed by atoms with Gasteiger partial charge in [0.05, 0.1) is 0 Å². The molecule has 0 amide bonds. The summed E-state index contributed by atoms with van der Waals surface area (Å²) in [7, 11) is 0. The maximum atomic E-state index is 7.56. The molecule has 1 rings (SSSR count). The molecule has 0 heterocycles. The van der Waals surface area contributed by atoms with Crippen molar-refractivity contribution in [3.63, 3.8) is 0 Å². The third-order valence-electron chi connectivity index (χ3n) is 4.77. The average Bonchev–Trinajstić information content (AvgIpc) is 2.67. The van der Waals surface area contributed by atoms with Gasteiger partial charge in [0.2, 0.25) is 0 Å². The predicted molar refractivity (Wildman–Crippen MR) is 142 cm³/mol. The van der Waals surface area contributed by atoms with Gasteiger partial charge in [-0.3, -0.25) is 0 Å². The first-order chi connectivity index (χ1) is 15.3. The van der Waals surface area contributed by atoms with E-state index in [1.165, 1.54) is 100 Å². The van der Waals surface area contributed by atoms with Gasteiger partial charge in [-0.15, -0.1) is 0 Å². The van der Waals surface area contributed by atoms with Crippen LogP contribution in [0.25, 0.3) is 0 Å². The van der Waals surface area contributed by atoms with Gasteiger partial charge in [-0.05, 0) is 23.6 Å². The monoisotopic (exact) mass is 627 g/mol. The van der Waals surface area contributed by atoms with Crippen LogP contribution in [-0.2, 0) is 49.8 Å². The Labute approximate surface area is 222 Å². The molecule has 11 heteroatoms.